The SMILES string of the molecule is O=C(COCCc1ccccc1)c1ccc2c(c1)CCC2. The molecule has 0 bridgehead atoms. The minimum atomic E-state index is 0.0813. The Morgan fingerprint density at radius 1 is 1.00 bits per heavy atom. The van der Waals surface area contributed by atoms with E-state index < -0.39 is 0 Å². The molecule has 0 heterocycles. The lowest BCUT2D eigenvalue weighted by molar-refractivity contribution is 0.0765. The zero-order valence-electron chi connectivity index (χ0n) is 12.2. The van der Waals surface area contributed by atoms with Gasteiger partial charge in [-0.1, -0.05) is 42.5 Å². The van der Waals surface area contributed by atoms with Crippen LogP contribution in [0.2, 0.25) is 0 Å². The summed E-state index contributed by atoms with van der Waals surface area (Å²) in [5, 5.41) is 0. The number of hydrogen-bond donors (Lipinski definition) is 0. The lowest BCUT2D eigenvalue weighted by Gasteiger charge is -2.06. The first-order valence-electron chi connectivity index (χ1n) is 7.59. The van der Waals surface area contributed by atoms with Crippen LogP contribution in [-0.2, 0) is 24.0 Å². The molecule has 2 aromatic carbocycles. The maximum Gasteiger partial charge on any atom is 0.188 e. The molecular formula is C19H20O2. The third kappa shape index (κ3) is 3.59. The second-order valence-corrected chi connectivity index (χ2v) is 5.55. The third-order valence-electron chi connectivity index (χ3n) is 4.03. The summed E-state index contributed by atoms with van der Waals surface area (Å²) in [7, 11) is 0. The van der Waals surface area contributed by atoms with Crippen LogP contribution < -0.4 is 0 Å². The van der Waals surface area contributed by atoms with E-state index in [1.807, 2.05) is 30.3 Å². The first-order chi connectivity index (χ1) is 10.3. The number of ketones is 1. The highest BCUT2D eigenvalue weighted by atomic mass is 16.5. The molecule has 2 nitrogen and oxygen atoms in total. The van der Waals surface area contributed by atoms with Crippen LogP contribution in [-0.4, -0.2) is 19.0 Å². The van der Waals surface area contributed by atoms with E-state index in [9.17, 15) is 4.79 Å². The maximum absolute atomic E-state index is 12.1. The second kappa shape index (κ2) is 6.68. The number of rotatable bonds is 6. The molecular weight excluding hydrogens is 260 g/mol. The quantitative estimate of drug-likeness (QED) is 0.597. The van der Waals surface area contributed by atoms with Crippen molar-refractivity contribution in [1.29, 1.82) is 0 Å². The molecule has 0 atom stereocenters. The van der Waals surface area contributed by atoms with Crippen LogP contribution in [0.3, 0.4) is 0 Å². The first kappa shape index (κ1) is 14.0. The molecule has 0 fully saturated rings. The summed E-state index contributed by atoms with van der Waals surface area (Å²) in [5.74, 6) is 0.0813. The minimum absolute atomic E-state index is 0.0813. The molecule has 0 aliphatic heterocycles. The minimum Gasteiger partial charge on any atom is -0.373 e. The van der Waals surface area contributed by atoms with E-state index in [2.05, 4.69) is 18.2 Å². The van der Waals surface area contributed by atoms with Crippen molar-refractivity contribution in [2.24, 2.45) is 0 Å². The molecule has 21 heavy (non-hydrogen) atoms. The topological polar surface area (TPSA) is 26.3 Å². The highest BCUT2D eigenvalue weighted by molar-refractivity contribution is 5.97. The summed E-state index contributed by atoms with van der Waals surface area (Å²) >= 11 is 0. The van der Waals surface area contributed by atoms with Gasteiger partial charge in [0.1, 0.15) is 6.61 Å². The summed E-state index contributed by atoms with van der Waals surface area (Å²) in [4.78, 5) is 12.1. The van der Waals surface area contributed by atoms with E-state index in [1.54, 1.807) is 0 Å². The van der Waals surface area contributed by atoms with Crippen LogP contribution in [0.4, 0.5) is 0 Å². The van der Waals surface area contributed by atoms with Gasteiger partial charge in [0, 0.05) is 5.56 Å². The Morgan fingerprint density at radius 3 is 2.67 bits per heavy atom. The van der Waals surface area contributed by atoms with Gasteiger partial charge in [-0.3, -0.25) is 4.79 Å². The van der Waals surface area contributed by atoms with Crippen molar-refractivity contribution in [3.05, 3.63) is 70.8 Å². The fourth-order valence-electron chi connectivity index (χ4n) is 2.83. The van der Waals surface area contributed by atoms with Crippen molar-refractivity contribution in [3.63, 3.8) is 0 Å². The molecule has 0 radical (unpaired) electrons. The molecule has 2 aromatic rings. The zero-order chi connectivity index (χ0) is 14.5. The molecule has 2 heteroatoms. The van der Waals surface area contributed by atoms with E-state index >= 15 is 0 Å². The predicted octanol–water partition coefficient (Wildman–Crippen LogP) is 3.62. The van der Waals surface area contributed by atoms with E-state index in [0.29, 0.717) is 6.61 Å². The van der Waals surface area contributed by atoms with Gasteiger partial charge in [-0.15, -0.1) is 0 Å². The van der Waals surface area contributed by atoms with Crippen molar-refractivity contribution in [1.82, 2.24) is 0 Å². The van der Waals surface area contributed by atoms with E-state index in [1.165, 1.54) is 23.1 Å². The fourth-order valence-corrected chi connectivity index (χ4v) is 2.83. The van der Waals surface area contributed by atoms with Gasteiger partial charge in [-0.05, 0) is 48.4 Å². The lowest BCUT2D eigenvalue weighted by atomic mass is 10.0. The molecule has 1 aliphatic rings. The van der Waals surface area contributed by atoms with Gasteiger partial charge in [0.2, 0.25) is 0 Å². The number of hydrogen-bond acceptors (Lipinski definition) is 2. The van der Waals surface area contributed by atoms with Crippen molar-refractivity contribution in [2.75, 3.05) is 13.2 Å². The van der Waals surface area contributed by atoms with E-state index in [-0.39, 0.29) is 12.4 Å². The van der Waals surface area contributed by atoms with Crippen LogP contribution in [0.1, 0.15) is 33.5 Å². The Kier molecular flexibility index (Phi) is 4.46. The van der Waals surface area contributed by atoms with Crippen LogP contribution in [0.25, 0.3) is 0 Å². The molecule has 0 saturated carbocycles. The number of carbonyl (C=O) groups is 1. The van der Waals surface area contributed by atoms with E-state index in [0.717, 1.165) is 24.8 Å². The van der Waals surface area contributed by atoms with Crippen LogP contribution >= 0.6 is 0 Å². The Bertz CT molecular complexity index is 617. The normalized spacial score (nSPS) is 13.1. The van der Waals surface area contributed by atoms with Gasteiger partial charge in [-0.2, -0.15) is 0 Å². The van der Waals surface area contributed by atoms with E-state index in [4.69, 9.17) is 4.74 Å². The number of fused-ring (bicyclic) bond motifs is 1. The Labute approximate surface area is 125 Å². The number of benzene rings is 2. The molecule has 0 spiro atoms. The molecule has 3 rings (SSSR count). The largest absolute Gasteiger partial charge is 0.373 e. The van der Waals surface area contributed by atoms with Crippen LogP contribution in [0.15, 0.2) is 48.5 Å². The summed E-state index contributed by atoms with van der Waals surface area (Å²) in [6.07, 6.45) is 4.31. The van der Waals surface area contributed by atoms with Gasteiger partial charge in [-0.25, -0.2) is 0 Å². The fraction of sp³-hybridized carbons (Fsp3) is 0.316. The molecule has 108 valence electrons. The number of Topliss-reactive ketones (excluding diaryl/α,β-unsaturated/α-hetero) is 1. The Morgan fingerprint density at radius 2 is 1.81 bits per heavy atom. The molecule has 0 aromatic heterocycles. The second-order valence-electron chi connectivity index (χ2n) is 5.55. The van der Waals surface area contributed by atoms with Crippen molar-refractivity contribution < 1.29 is 9.53 Å². The summed E-state index contributed by atoms with van der Waals surface area (Å²) in [5.41, 5.74) is 4.76. The molecule has 0 amide bonds. The summed E-state index contributed by atoms with van der Waals surface area (Å²) in [6, 6.07) is 16.3. The van der Waals surface area contributed by atoms with Crippen LogP contribution in [0.5, 0.6) is 0 Å². The van der Waals surface area contributed by atoms with Gasteiger partial charge in [0.05, 0.1) is 6.61 Å². The number of ether oxygens (including phenoxy) is 1. The highest BCUT2D eigenvalue weighted by Crippen LogP contribution is 2.23. The van der Waals surface area contributed by atoms with Gasteiger partial charge in [0.25, 0.3) is 0 Å². The van der Waals surface area contributed by atoms with Crippen LogP contribution in [0, 0.1) is 0 Å². The maximum atomic E-state index is 12.1. The standard InChI is InChI=1S/C19H20O2/c20-19(14-21-12-11-15-5-2-1-3-6-15)18-10-9-16-7-4-8-17(16)13-18/h1-3,5-6,9-10,13H,4,7-8,11-12,14H2. The Hall–Kier alpha value is -1.93. The average Bonchev–Trinajstić information content (AvgIpc) is 3.00. The molecule has 0 N–H and O–H groups in total. The lowest BCUT2D eigenvalue weighted by Crippen LogP contribution is -2.11. The molecule has 1 aliphatic carbocycles. The highest BCUT2D eigenvalue weighted by Gasteiger charge is 2.13. The number of carbonyl (C=O) groups excluding carboxylic acids is 1. The third-order valence-corrected chi connectivity index (χ3v) is 4.03. The summed E-state index contributed by atoms with van der Waals surface area (Å²) in [6.45, 7) is 0.756. The summed E-state index contributed by atoms with van der Waals surface area (Å²) < 4.78 is 5.52. The monoisotopic (exact) mass is 280 g/mol. The first-order valence-corrected chi connectivity index (χ1v) is 7.59. The van der Waals surface area contributed by atoms with Gasteiger partial charge >= 0.3 is 0 Å². The average molecular weight is 280 g/mol. The van der Waals surface area contributed by atoms with Gasteiger partial charge in [0.15, 0.2) is 5.78 Å². The molecule has 0 unspecified atom stereocenters. The van der Waals surface area contributed by atoms with Crippen molar-refractivity contribution >= 4 is 5.78 Å². The van der Waals surface area contributed by atoms with Gasteiger partial charge < -0.3 is 4.74 Å². The zero-order valence-corrected chi connectivity index (χ0v) is 12.2. The van der Waals surface area contributed by atoms with Crippen molar-refractivity contribution in [2.45, 2.75) is 25.7 Å². The predicted molar refractivity (Wildman–Crippen MR) is 83.8 cm³/mol. The van der Waals surface area contributed by atoms with Crippen molar-refractivity contribution in [3.8, 4) is 0 Å². The number of aryl methyl sites for hydroxylation is 2. The Balaban J connectivity index is 1.48. The molecule has 0 saturated heterocycles. The smallest absolute Gasteiger partial charge is 0.188 e.